The Morgan fingerprint density at radius 3 is 2.48 bits per heavy atom. The zero-order chi connectivity index (χ0) is 16.6. The Morgan fingerprint density at radius 2 is 1.74 bits per heavy atom. The molecular weight excluding hydrogens is 302 g/mol. The third-order valence-electron chi connectivity index (χ3n) is 3.52. The van der Waals surface area contributed by atoms with Crippen LogP contribution in [0.3, 0.4) is 0 Å². The lowest BCUT2D eigenvalue weighted by Gasteiger charge is -2.10. The molecule has 0 aliphatic carbocycles. The highest BCUT2D eigenvalue weighted by Crippen LogP contribution is 2.17. The number of para-hydroxylation sites is 2. The van der Waals surface area contributed by atoms with Gasteiger partial charge in [0.25, 0.3) is 5.91 Å². The number of benzene rings is 2. The van der Waals surface area contributed by atoms with E-state index in [9.17, 15) is 18.4 Å². The number of nitrogens with one attached hydrogen (secondary N) is 1. The number of fused-ring (bicyclic) bond motifs is 1. The predicted octanol–water partition coefficient (Wildman–Crippen LogP) is 3.07. The lowest BCUT2D eigenvalue weighted by atomic mass is 10.1. The van der Waals surface area contributed by atoms with E-state index in [2.05, 4.69) is 5.32 Å². The standard InChI is InChI=1S/C17H12F2N2O2/c1-21-9-11(16(22)10-5-4-7-13(19)15(10)21)17(23)20-14-8-3-2-6-12(14)18/h2-9H,1H3,(H,20,23). The maximum atomic E-state index is 13.8. The molecule has 116 valence electrons. The van der Waals surface area contributed by atoms with E-state index in [-0.39, 0.29) is 22.2 Å². The zero-order valence-corrected chi connectivity index (χ0v) is 12.1. The van der Waals surface area contributed by atoms with Gasteiger partial charge in [0.1, 0.15) is 17.2 Å². The molecule has 4 nitrogen and oxygen atoms in total. The van der Waals surface area contributed by atoms with Crippen molar-refractivity contribution in [1.29, 1.82) is 0 Å². The van der Waals surface area contributed by atoms with Crippen molar-refractivity contribution in [1.82, 2.24) is 4.57 Å². The summed E-state index contributed by atoms with van der Waals surface area (Å²) in [5.74, 6) is -1.91. The first-order valence-corrected chi connectivity index (χ1v) is 6.83. The first-order chi connectivity index (χ1) is 11.0. The van der Waals surface area contributed by atoms with Crippen LogP contribution in [0.1, 0.15) is 10.4 Å². The minimum absolute atomic E-state index is 0.0288. The zero-order valence-electron chi connectivity index (χ0n) is 12.1. The van der Waals surface area contributed by atoms with Crippen LogP contribution in [-0.4, -0.2) is 10.5 Å². The molecule has 0 fully saturated rings. The van der Waals surface area contributed by atoms with Gasteiger partial charge in [0.2, 0.25) is 5.43 Å². The maximum Gasteiger partial charge on any atom is 0.261 e. The number of rotatable bonds is 2. The highest BCUT2D eigenvalue weighted by atomic mass is 19.1. The fourth-order valence-corrected chi connectivity index (χ4v) is 2.43. The van der Waals surface area contributed by atoms with Crippen molar-refractivity contribution < 1.29 is 13.6 Å². The van der Waals surface area contributed by atoms with E-state index in [1.54, 1.807) is 6.07 Å². The van der Waals surface area contributed by atoms with E-state index in [0.717, 1.165) is 0 Å². The minimum Gasteiger partial charge on any atom is -0.347 e. The lowest BCUT2D eigenvalue weighted by Crippen LogP contribution is -2.24. The molecule has 0 unspecified atom stereocenters. The van der Waals surface area contributed by atoms with E-state index < -0.39 is 23.0 Å². The smallest absolute Gasteiger partial charge is 0.261 e. The van der Waals surface area contributed by atoms with Crippen molar-refractivity contribution in [2.75, 3.05) is 5.32 Å². The molecule has 1 heterocycles. The molecule has 0 saturated carbocycles. The van der Waals surface area contributed by atoms with Crippen LogP contribution in [-0.2, 0) is 7.05 Å². The van der Waals surface area contributed by atoms with Crippen molar-refractivity contribution in [3.63, 3.8) is 0 Å². The van der Waals surface area contributed by atoms with Crippen LogP contribution < -0.4 is 10.7 Å². The number of carbonyl (C=O) groups is 1. The normalized spacial score (nSPS) is 10.7. The summed E-state index contributed by atoms with van der Waals surface area (Å²) in [6.45, 7) is 0. The highest BCUT2D eigenvalue weighted by molar-refractivity contribution is 6.05. The molecule has 2 aromatic carbocycles. The molecule has 0 bridgehead atoms. The summed E-state index contributed by atoms with van der Waals surface area (Å²) < 4.78 is 28.8. The van der Waals surface area contributed by atoms with Crippen LogP contribution in [0.2, 0.25) is 0 Å². The number of halogens is 2. The molecule has 1 amide bonds. The van der Waals surface area contributed by atoms with E-state index >= 15 is 0 Å². The first kappa shape index (κ1) is 14.9. The Labute approximate surface area is 130 Å². The van der Waals surface area contributed by atoms with Gasteiger partial charge in [-0.1, -0.05) is 18.2 Å². The predicted molar refractivity (Wildman–Crippen MR) is 83.5 cm³/mol. The summed E-state index contributed by atoms with van der Waals surface area (Å²) in [5.41, 5.74) is -0.709. The fourth-order valence-electron chi connectivity index (χ4n) is 2.43. The number of nitrogens with zero attached hydrogens (tertiary/aromatic N) is 1. The second-order valence-electron chi connectivity index (χ2n) is 5.05. The Balaban J connectivity index is 2.10. The van der Waals surface area contributed by atoms with E-state index in [0.29, 0.717) is 0 Å². The van der Waals surface area contributed by atoms with Crippen molar-refractivity contribution in [2.45, 2.75) is 0 Å². The monoisotopic (exact) mass is 314 g/mol. The molecule has 3 aromatic rings. The van der Waals surface area contributed by atoms with Crippen LogP contribution in [0.15, 0.2) is 53.5 Å². The van der Waals surface area contributed by atoms with Crippen molar-refractivity contribution in [2.24, 2.45) is 7.05 Å². The summed E-state index contributed by atoms with van der Waals surface area (Å²) in [6, 6.07) is 9.72. The molecule has 0 saturated heterocycles. The Hall–Kier alpha value is -3.02. The molecule has 0 radical (unpaired) electrons. The second-order valence-corrected chi connectivity index (χ2v) is 5.05. The van der Waals surface area contributed by atoms with Crippen LogP contribution >= 0.6 is 0 Å². The quantitative estimate of drug-likeness (QED) is 0.790. The molecular formula is C17H12F2N2O2. The number of aromatic nitrogens is 1. The Kier molecular flexibility index (Phi) is 3.65. The van der Waals surface area contributed by atoms with Crippen molar-refractivity contribution >= 4 is 22.5 Å². The highest BCUT2D eigenvalue weighted by Gasteiger charge is 2.17. The van der Waals surface area contributed by atoms with Crippen LogP contribution in [0.5, 0.6) is 0 Å². The number of amides is 1. The first-order valence-electron chi connectivity index (χ1n) is 6.83. The largest absolute Gasteiger partial charge is 0.347 e. The van der Waals surface area contributed by atoms with Gasteiger partial charge in [0.15, 0.2) is 0 Å². The lowest BCUT2D eigenvalue weighted by molar-refractivity contribution is 0.102. The number of anilines is 1. The summed E-state index contributed by atoms with van der Waals surface area (Å²) in [5, 5.41) is 2.44. The number of hydrogen-bond acceptors (Lipinski definition) is 2. The molecule has 1 N–H and O–H groups in total. The number of carbonyl (C=O) groups excluding carboxylic acids is 1. The minimum atomic E-state index is -0.748. The van der Waals surface area contributed by atoms with Gasteiger partial charge in [-0.3, -0.25) is 9.59 Å². The molecule has 6 heteroatoms. The topological polar surface area (TPSA) is 51.1 Å². The average Bonchev–Trinajstić information content (AvgIpc) is 2.52. The molecule has 0 aliphatic rings. The molecule has 0 aliphatic heterocycles. The average molecular weight is 314 g/mol. The SMILES string of the molecule is Cn1cc(C(=O)Nc2ccccc2F)c(=O)c2cccc(F)c21. The van der Waals surface area contributed by atoms with Gasteiger partial charge >= 0.3 is 0 Å². The fraction of sp³-hybridized carbons (Fsp3) is 0.0588. The number of pyridine rings is 1. The Morgan fingerprint density at radius 1 is 1.04 bits per heavy atom. The third-order valence-corrected chi connectivity index (χ3v) is 3.52. The van der Waals surface area contributed by atoms with E-state index in [1.807, 2.05) is 0 Å². The van der Waals surface area contributed by atoms with Gasteiger partial charge in [-0.05, 0) is 24.3 Å². The summed E-state index contributed by atoms with van der Waals surface area (Å²) in [7, 11) is 1.53. The van der Waals surface area contributed by atoms with Gasteiger partial charge in [0, 0.05) is 18.6 Å². The summed E-state index contributed by atoms with van der Waals surface area (Å²) in [6.07, 6.45) is 1.24. The number of aryl methyl sites for hydroxylation is 1. The molecule has 0 atom stereocenters. The van der Waals surface area contributed by atoms with Crippen molar-refractivity contribution in [3.05, 3.63) is 76.1 Å². The van der Waals surface area contributed by atoms with Gasteiger partial charge in [-0.25, -0.2) is 8.78 Å². The number of hydrogen-bond donors (Lipinski definition) is 1. The van der Waals surface area contributed by atoms with E-state index in [1.165, 1.54) is 54.2 Å². The Bertz CT molecular complexity index is 980. The van der Waals surface area contributed by atoms with Gasteiger partial charge in [-0.15, -0.1) is 0 Å². The van der Waals surface area contributed by atoms with Crippen LogP contribution in [0, 0.1) is 11.6 Å². The molecule has 1 aromatic heterocycles. The molecule has 23 heavy (non-hydrogen) atoms. The third kappa shape index (κ3) is 2.59. The maximum absolute atomic E-state index is 13.8. The van der Waals surface area contributed by atoms with Crippen molar-refractivity contribution in [3.8, 4) is 0 Å². The summed E-state index contributed by atoms with van der Waals surface area (Å²) in [4.78, 5) is 24.7. The van der Waals surface area contributed by atoms with Gasteiger partial charge in [0.05, 0.1) is 11.2 Å². The van der Waals surface area contributed by atoms with Gasteiger partial charge in [-0.2, -0.15) is 0 Å². The van der Waals surface area contributed by atoms with Crippen LogP contribution in [0.4, 0.5) is 14.5 Å². The van der Waals surface area contributed by atoms with E-state index in [4.69, 9.17) is 0 Å². The van der Waals surface area contributed by atoms with Crippen LogP contribution in [0.25, 0.3) is 10.9 Å². The summed E-state index contributed by atoms with van der Waals surface area (Å²) >= 11 is 0. The molecule has 3 rings (SSSR count). The van der Waals surface area contributed by atoms with Gasteiger partial charge < -0.3 is 9.88 Å². The molecule has 0 spiro atoms. The second kappa shape index (κ2) is 5.64.